The summed E-state index contributed by atoms with van der Waals surface area (Å²) in [6.45, 7) is -1.04. The minimum absolute atomic E-state index is 0.0175. The van der Waals surface area contributed by atoms with E-state index in [0.717, 1.165) is 38.5 Å². The Hall–Kier alpha value is -4.91. The molecule has 0 radical (unpaired) electrons. The lowest BCUT2D eigenvalue weighted by Gasteiger charge is -2.15. The molecular formula is C27H27N5O18S5. The van der Waals surface area contributed by atoms with Crippen molar-refractivity contribution in [3.8, 4) is 17.2 Å². The number of anilines is 1. The third-order valence-corrected chi connectivity index (χ3v) is 11.9. The first-order chi connectivity index (χ1) is 25.3. The van der Waals surface area contributed by atoms with E-state index in [2.05, 4.69) is 30.0 Å². The summed E-state index contributed by atoms with van der Waals surface area (Å²) in [5.41, 5.74) is -1.92. The highest BCUT2D eigenvalue weighted by atomic mass is 32.3. The van der Waals surface area contributed by atoms with Crippen LogP contribution < -0.4 is 14.8 Å². The highest BCUT2D eigenvalue weighted by Crippen LogP contribution is 2.48. The molecule has 55 heavy (non-hydrogen) atoms. The van der Waals surface area contributed by atoms with Crippen LogP contribution in [0.4, 0.5) is 28.4 Å². The van der Waals surface area contributed by atoms with Gasteiger partial charge in [0.05, 0.1) is 37.2 Å². The van der Waals surface area contributed by atoms with Crippen molar-refractivity contribution in [2.75, 3.05) is 38.9 Å². The van der Waals surface area contributed by atoms with E-state index >= 15 is 0 Å². The summed E-state index contributed by atoms with van der Waals surface area (Å²) in [7, 11) is -21.3. The summed E-state index contributed by atoms with van der Waals surface area (Å²) in [6, 6.07) is 7.21. The van der Waals surface area contributed by atoms with Crippen molar-refractivity contribution in [3.63, 3.8) is 0 Å². The first kappa shape index (κ1) is 42.8. The molecule has 0 aromatic heterocycles. The van der Waals surface area contributed by atoms with Gasteiger partial charge in [0.25, 0.3) is 30.4 Å². The average Bonchev–Trinajstić information content (AvgIpc) is 3.07. The van der Waals surface area contributed by atoms with Crippen LogP contribution in [0.5, 0.6) is 17.2 Å². The van der Waals surface area contributed by atoms with Gasteiger partial charge in [0.2, 0.25) is 0 Å². The number of nitrogens with zero attached hydrogens (tertiary/aromatic N) is 4. The van der Waals surface area contributed by atoms with Crippen molar-refractivity contribution in [2.45, 2.75) is 19.6 Å². The fourth-order valence-electron chi connectivity index (χ4n) is 4.73. The molecule has 4 aromatic rings. The fraction of sp³-hybridized carbons (Fsp3) is 0.185. The molecule has 6 N–H and O–H groups in total. The summed E-state index contributed by atoms with van der Waals surface area (Å²) < 4.78 is 173. The molecule has 0 amide bonds. The monoisotopic (exact) mass is 869 g/mol. The van der Waals surface area contributed by atoms with E-state index in [1.165, 1.54) is 19.2 Å². The molecule has 0 saturated carbocycles. The standard InChI is InChI=1S/C27H27N5O18S5/c1-28-18-7-5-15-16(25(18)31-29-17-6-4-14(10-22(17)52(36,37)38)51(34,35)9-8-50-55(45,46)47)11-24(54(42,43)44)26(27(15)49-3)32-30-19-12-21(48-2)23(13-20(19)33)53(39,40)41/h4-7,10-13,28,33H,8-9H2,1-3H3,(H,36,37,38)(H,39,40,41)(H,42,43,44)(H,45,46,47). The second-order valence-corrected chi connectivity index (χ2v) is 17.9. The zero-order valence-electron chi connectivity index (χ0n) is 27.9. The van der Waals surface area contributed by atoms with E-state index in [1.807, 2.05) is 0 Å². The predicted molar refractivity (Wildman–Crippen MR) is 188 cm³/mol. The van der Waals surface area contributed by atoms with Crippen LogP contribution in [0.25, 0.3) is 10.8 Å². The number of aromatic hydroxyl groups is 1. The number of hydrogen-bond acceptors (Lipinski definition) is 19. The SMILES string of the molecule is CNc1ccc2c(OC)c(N=Nc3cc(OC)c(S(=O)(=O)O)cc3O)c(S(=O)(=O)O)cc2c1N=Nc1ccc(S(=O)(=O)CCOS(=O)(=O)O)cc1S(=O)(=O)O. The Morgan fingerprint density at radius 2 is 1.24 bits per heavy atom. The average molecular weight is 870 g/mol. The first-order valence-corrected chi connectivity index (χ1v) is 21.7. The highest BCUT2D eigenvalue weighted by Gasteiger charge is 2.27. The number of methoxy groups -OCH3 is 2. The van der Waals surface area contributed by atoms with E-state index in [4.69, 9.17) is 14.0 Å². The van der Waals surface area contributed by atoms with Gasteiger partial charge >= 0.3 is 10.4 Å². The van der Waals surface area contributed by atoms with Crippen molar-refractivity contribution in [3.05, 3.63) is 48.5 Å². The number of phenolic OH excluding ortho intramolecular Hbond substituents is 1. The number of benzene rings is 4. The van der Waals surface area contributed by atoms with Crippen LogP contribution in [0.15, 0.2) is 88.6 Å². The molecule has 4 rings (SSSR count). The van der Waals surface area contributed by atoms with Crippen LogP contribution in [-0.2, 0) is 54.8 Å². The Morgan fingerprint density at radius 3 is 1.78 bits per heavy atom. The third kappa shape index (κ3) is 9.86. The molecule has 0 unspecified atom stereocenters. The lowest BCUT2D eigenvalue weighted by atomic mass is 10.0. The number of nitrogens with one attached hydrogen (secondary N) is 1. The Balaban J connectivity index is 1.93. The molecule has 4 aromatic carbocycles. The highest BCUT2D eigenvalue weighted by molar-refractivity contribution is 7.91. The van der Waals surface area contributed by atoms with Gasteiger partial charge in [-0.2, -0.15) is 33.7 Å². The largest absolute Gasteiger partial charge is 0.506 e. The first-order valence-electron chi connectivity index (χ1n) is 14.3. The zero-order valence-corrected chi connectivity index (χ0v) is 32.0. The molecule has 23 nitrogen and oxygen atoms in total. The molecule has 0 bridgehead atoms. The molecule has 28 heteroatoms. The van der Waals surface area contributed by atoms with Crippen molar-refractivity contribution < 1.29 is 79.1 Å². The van der Waals surface area contributed by atoms with E-state index in [-0.39, 0.29) is 27.9 Å². The maximum Gasteiger partial charge on any atom is 0.397 e. The summed E-state index contributed by atoms with van der Waals surface area (Å²) >= 11 is 0. The Kier molecular flexibility index (Phi) is 12.2. The number of azo groups is 2. The van der Waals surface area contributed by atoms with Gasteiger partial charge < -0.3 is 19.9 Å². The van der Waals surface area contributed by atoms with E-state index in [1.54, 1.807) is 0 Å². The van der Waals surface area contributed by atoms with Crippen LogP contribution in [0.2, 0.25) is 0 Å². The smallest absolute Gasteiger partial charge is 0.397 e. The summed E-state index contributed by atoms with van der Waals surface area (Å²) in [5, 5.41) is 28.4. The van der Waals surface area contributed by atoms with Crippen LogP contribution >= 0.6 is 0 Å². The number of fused-ring (bicyclic) bond motifs is 1. The van der Waals surface area contributed by atoms with E-state index in [9.17, 15) is 60.9 Å². The molecule has 0 aliphatic rings. The van der Waals surface area contributed by atoms with Gasteiger partial charge in [0.1, 0.15) is 48.9 Å². The summed E-state index contributed by atoms with van der Waals surface area (Å²) in [6.07, 6.45) is 0. The second-order valence-electron chi connectivity index (χ2n) is 10.6. The maximum atomic E-state index is 12.7. The van der Waals surface area contributed by atoms with Gasteiger partial charge in [-0.25, -0.2) is 12.6 Å². The second kappa shape index (κ2) is 15.7. The molecule has 0 heterocycles. The summed E-state index contributed by atoms with van der Waals surface area (Å²) in [4.78, 5) is -3.60. The molecule has 0 aliphatic heterocycles. The minimum Gasteiger partial charge on any atom is -0.506 e. The number of ether oxygens (including phenoxy) is 2. The van der Waals surface area contributed by atoms with Crippen LogP contribution in [0.3, 0.4) is 0 Å². The van der Waals surface area contributed by atoms with Gasteiger partial charge in [0.15, 0.2) is 15.6 Å². The molecule has 0 fully saturated rings. The quantitative estimate of drug-likeness (QED) is 0.0731. The van der Waals surface area contributed by atoms with Crippen molar-refractivity contribution in [1.82, 2.24) is 0 Å². The van der Waals surface area contributed by atoms with E-state index in [0.29, 0.717) is 12.1 Å². The molecule has 298 valence electrons. The molecule has 0 aliphatic carbocycles. The van der Waals surface area contributed by atoms with Gasteiger partial charge in [0, 0.05) is 30.0 Å². The zero-order chi connectivity index (χ0) is 41.3. The van der Waals surface area contributed by atoms with E-state index < -0.39 is 111 Å². The lowest BCUT2D eigenvalue weighted by Crippen LogP contribution is -2.16. The third-order valence-electron chi connectivity index (χ3n) is 7.14. The molecule has 0 atom stereocenters. The number of hydrogen-bond donors (Lipinski definition) is 6. The Labute approximate surface area is 312 Å². The van der Waals surface area contributed by atoms with Gasteiger partial charge in [-0.15, -0.1) is 20.5 Å². The van der Waals surface area contributed by atoms with Crippen molar-refractivity contribution in [1.29, 1.82) is 0 Å². The minimum atomic E-state index is -5.24. The predicted octanol–water partition coefficient (Wildman–Crippen LogP) is 3.77. The van der Waals surface area contributed by atoms with Crippen molar-refractivity contribution in [2.24, 2.45) is 20.5 Å². The summed E-state index contributed by atoms with van der Waals surface area (Å²) in [5.74, 6) is -2.76. The lowest BCUT2D eigenvalue weighted by molar-refractivity contribution is 0.284. The van der Waals surface area contributed by atoms with Gasteiger partial charge in [-0.05, 0) is 36.4 Å². The normalized spacial score (nSPS) is 13.1. The molecular weight excluding hydrogens is 843 g/mol. The maximum absolute atomic E-state index is 12.7. The molecule has 0 saturated heterocycles. The number of sulfone groups is 1. The fourth-order valence-corrected chi connectivity index (χ4v) is 8.27. The van der Waals surface area contributed by atoms with Gasteiger partial charge in [-0.1, -0.05) is 0 Å². The number of rotatable bonds is 15. The van der Waals surface area contributed by atoms with Gasteiger partial charge in [-0.3, -0.25) is 18.2 Å². The Bertz CT molecular complexity index is 2830. The number of phenols is 1. The van der Waals surface area contributed by atoms with Crippen LogP contribution in [0, 0.1) is 0 Å². The van der Waals surface area contributed by atoms with Crippen molar-refractivity contribution >= 4 is 89.8 Å². The topological polar surface area (TPSA) is 361 Å². The molecule has 0 spiro atoms. The van der Waals surface area contributed by atoms with Crippen LogP contribution in [0.1, 0.15) is 0 Å². The Morgan fingerprint density at radius 1 is 0.636 bits per heavy atom. The van der Waals surface area contributed by atoms with Crippen LogP contribution in [-0.4, -0.2) is 99.0 Å².